The van der Waals surface area contributed by atoms with E-state index in [0.29, 0.717) is 0 Å². The van der Waals surface area contributed by atoms with Crippen LogP contribution in [0.15, 0.2) is 0 Å². The van der Waals surface area contributed by atoms with Crippen LogP contribution in [0.5, 0.6) is 0 Å². The summed E-state index contributed by atoms with van der Waals surface area (Å²) in [6.07, 6.45) is 0. The number of carboxylic acids is 1. The van der Waals surface area contributed by atoms with Gasteiger partial charge in [0.15, 0.2) is 0 Å². The number of Topliss-reactive ketones (excluding diaryl/α,β-unsaturated/α-hetero) is 1. The zero-order valence-corrected chi connectivity index (χ0v) is 3.76. The molecule has 0 saturated heterocycles. The molecular formula is C3H8CaO4. The molecule has 0 fully saturated rings. The number of carbonyl (C=O) groups is 2. The van der Waals surface area contributed by atoms with E-state index in [-0.39, 0.29) is 43.2 Å². The average molecular weight is 148 g/mol. The van der Waals surface area contributed by atoms with Gasteiger partial charge in [-0.2, -0.15) is 0 Å². The zero-order chi connectivity index (χ0) is 5.15. The van der Waals surface area contributed by atoms with Gasteiger partial charge in [0.25, 0.3) is 0 Å². The van der Waals surface area contributed by atoms with E-state index < -0.39 is 11.8 Å². The number of carbonyl (C=O) groups excluding carboxylic acids is 1. The summed E-state index contributed by atoms with van der Waals surface area (Å²) in [6, 6.07) is 0. The third-order valence-electron chi connectivity index (χ3n) is 0.301. The molecule has 0 aliphatic rings. The van der Waals surface area contributed by atoms with E-state index in [2.05, 4.69) is 0 Å². The molecule has 0 atom stereocenters. The first-order chi connectivity index (χ1) is 2.64. The van der Waals surface area contributed by atoms with Crippen molar-refractivity contribution in [2.45, 2.75) is 6.92 Å². The molecule has 0 bridgehead atoms. The van der Waals surface area contributed by atoms with Gasteiger partial charge in [-0.25, -0.2) is 4.79 Å². The maximum absolute atomic E-state index is 9.54. The van der Waals surface area contributed by atoms with Gasteiger partial charge in [0.2, 0.25) is 5.78 Å². The quantitative estimate of drug-likeness (QED) is 0.342. The average Bonchev–Trinajstić information content (AvgIpc) is 1.36. The monoisotopic (exact) mass is 148 g/mol. The van der Waals surface area contributed by atoms with Gasteiger partial charge in [0.1, 0.15) is 0 Å². The zero-order valence-electron chi connectivity index (χ0n) is 3.76. The molecule has 0 radical (unpaired) electrons. The van der Waals surface area contributed by atoms with Gasteiger partial charge >= 0.3 is 43.7 Å². The van der Waals surface area contributed by atoms with Crippen molar-refractivity contribution in [1.82, 2.24) is 0 Å². The van der Waals surface area contributed by atoms with Crippen molar-refractivity contribution >= 4 is 49.5 Å². The topological polar surface area (TPSA) is 85.9 Å². The van der Waals surface area contributed by atoms with E-state index in [0.717, 1.165) is 6.92 Å². The molecule has 0 rings (SSSR count). The van der Waals surface area contributed by atoms with Crippen molar-refractivity contribution in [1.29, 1.82) is 0 Å². The van der Waals surface area contributed by atoms with Crippen LogP contribution in [0, 0.1) is 0 Å². The molecule has 0 spiro atoms. The van der Waals surface area contributed by atoms with Crippen LogP contribution in [-0.4, -0.2) is 60.1 Å². The number of hydrogen-bond acceptors (Lipinski definition) is 2. The molecule has 0 aromatic heterocycles. The summed E-state index contributed by atoms with van der Waals surface area (Å²) < 4.78 is 0. The first-order valence-corrected chi connectivity index (χ1v) is 1.38. The van der Waals surface area contributed by atoms with Gasteiger partial charge in [-0.15, -0.1) is 0 Å². The fourth-order valence-electron chi connectivity index (χ4n) is 0. The van der Waals surface area contributed by atoms with Crippen LogP contribution in [0.25, 0.3) is 0 Å². The summed E-state index contributed by atoms with van der Waals surface area (Å²) in [6.45, 7) is 1.00. The SMILES string of the molecule is CC(=O)C(=O)O.O.[CaH2]. The standard InChI is InChI=1S/C3H4O3.Ca.H2O.2H/c1-2(4)3(5)6;;;;/h1H3,(H,5,6);;1H2;;. The normalized spacial score (nSPS) is 5.62. The summed E-state index contributed by atoms with van der Waals surface area (Å²) in [4.78, 5) is 18.9. The number of carboxylic acid groups (broad SMARTS) is 1. The fraction of sp³-hybridized carbons (Fsp3) is 0.333. The Morgan fingerprint density at radius 1 is 1.38 bits per heavy atom. The van der Waals surface area contributed by atoms with E-state index >= 15 is 0 Å². The van der Waals surface area contributed by atoms with Gasteiger partial charge < -0.3 is 10.6 Å². The Morgan fingerprint density at radius 2 is 1.50 bits per heavy atom. The molecule has 46 valence electrons. The van der Waals surface area contributed by atoms with Crippen LogP contribution in [0.4, 0.5) is 0 Å². The van der Waals surface area contributed by atoms with Gasteiger partial charge in [0.05, 0.1) is 0 Å². The molecular weight excluding hydrogens is 140 g/mol. The summed E-state index contributed by atoms with van der Waals surface area (Å²) in [5.41, 5.74) is 0. The van der Waals surface area contributed by atoms with Crippen LogP contribution in [0.2, 0.25) is 0 Å². The third kappa shape index (κ3) is 9.61. The van der Waals surface area contributed by atoms with Gasteiger partial charge in [-0.3, -0.25) is 4.79 Å². The van der Waals surface area contributed by atoms with Crippen molar-refractivity contribution in [3.05, 3.63) is 0 Å². The molecule has 0 heterocycles. The second-order valence-electron chi connectivity index (χ2n) is 0.861. The maximum atomic E-state index is 9.54. The predicted molar refractivity (Wildman–Crippen MR) is 30.5 cm³/mol. The molecule has 0 aromatic rings. The van der Waals surface area contributed by atoms with Crippen LogP contribution >= 0.6 is 0 Å². The van der Waals surface area contributed by atoms with Gasteiger partial charge in [-0.05, 0) is 0 Å². The fourth-order valence-corrected chi connectivity index (χ4v) is 0. The van der Waals surface area contributed by atoms with E-state index in [9.17, 15) is 9.59 Å². The van der Waals surface area contributed by atoms with E-state index in [4.69, 9.17) is 5.11 Å². The Kier molecular flexibility index (Phi) is 14.5. The third-order valence-corrected chi connectivity index (χ3v) is 0.301. The first-order valence-electron chi connectivity index (χ1n) is 1.38. The molecule has 4 nitrogen and oxygen atoms in total. The molecule has 8 heavy (non-hydrogen) atoms. The van der Waals surface area contributed by atoms with Crippen molar-refractivity contribution < 1.29 is 20.2 Å². The van der Waals surface area contributed by atoms with Crippen molar-refractivity contribution in [2.75, 3.05) is 0 Å². The molecule has 3 N–H and O–H groups in total. The van der Waals surface area contributed by atoms with Crippen molar-refractivity contribution in [3.8, 4) is 0 Å². The first kappa shape index (κ1) is 15.8. The van der Waals surface area contributed by atoms with Crippen LogP contribution in [0.3, 0.4) is 0 Å². The molecule has 0 aromatic carbocycles. The summed E-state index contributed by atoms with van der Waals surface area (Å²) in [5, 5.41) is 7.64. The van der Waals surface area contributed by atoms with Crippen LogP contribution in [-0.2, 0) is 9.59 Å². The molecule has 0 aliphatic carbocycles. The molecule has 5 heteroatoms. The second kappa shape index (κ2) is 7.36. The van der Waals surface area contributed by atoms with Gasteiger partial charge in [0, 0.05) is 6.92 Å². The van der Waals surface area contributed by atoms with Crippen molar-refractivity contribution in [3.63, 3.8) is 0 Å². The Balaban J connectivity index is -0.000000125. The summed E-state index contributed by atoms with van der Waals surface area (Å²) in [7, 11) is 0. The van der Waals surface area contributed by atoms with Gasteiger partial charge in [-0.1, -0.05) is 0 Å². The molecule has 0 aliphatic heterocycles. The Morgan fingerprint density at radius 3 is 1.50 bits per heavy atom. The van der Waals surface area contributed by atoms with Crippen LogP contribution < -0.4 is 0 Å². The van der Waals surface area contributed by atoms with Crippen LogP contribution in [0.1, 0.15) is 6.92 Å². The Labute approximate surface area is 76.2 Å². The minimum atomic E-state index is -1.38. The molecule has 0 amide bonds. The number of ketones is 1. The number of aliphatic carboxylic acids is 1. The Hall–Kier alpha value is 0.360. The molecule has 0 unspecified atom stereocenters. The van der Waals surface area contributed by atoms with E-state index in [1.54, 1.807) is 0 Å². The van der Waals surface area contributed by atoms with E-state index in [1.165, 1.54) is 0 Å². The molecule has 0 saturated carbocycles. The van der Waals surface area contributed by atoms with E-state index in [1.807, 2.05) is 0 Å². The van der Waals surface area contributed by atoms with Crippen molar-refractivity contribution in [2.24, 2.45) is 0 Å². The Bertz CT molecular complexity index is 77.3. The second-order valence-corrected chi connectivity index (χ2v) is 0.861. The summed E-state index contributed by atoms with van der Waals surface area (Å²) >= 11 is 0. The predicted octanol–water partition coefficient (Wildman–Crippen LogP) is -2.08. The summed E-state index contributed by atoms with van der Waals surface area (Å²) in [5.74, 6) is -2.20. The minimum absolute atomic E-state index is 0. The number of rotatable bonds is 1. The number of hydrogen-bond donors (Lipinski definition) is 1.